The zero-order chi connectivity index (χ0) is 13.8. The average molecular weight is 282 g/mol. The largest absolute Gasteiger partial charge is 0.544 e. The minimum atomic E-state index is -1.57. The Morgan fingerprint density at radius 3 is 1.89 bits per heavy atom. The van der Waals surface area contributed by atoms with Crippen LogP contribution in [0.3, 0.4) is 0 Å². The number of benzene rings is 1. The lowest BCUT2D eigenvalue weighted by Crippen LogP contribution is -2.29. The fraction of sp³-hybridized carbons (Fsp3) is 0.462. The standard InChI is InChI=1S/C13H23NO2Si2/c1-17(2,3)15-13-9-7-12(8-10-13)11-14-16-18(4,5)6/h7-11H,1-6H3/b14-11+. The van der Waals surface area contributed by atoms with E-state index in [1.54, 1.807) is 6.21 Å². The normalized spacial score (nSPS) is 12.8. The Balaban J connectivity index is 2.61. The second kappa shape index (κ2) is 5.71. The Morgan fingerprint density at radius 2 is 1.44 bits per heavy atom. The summed E-state index contributed by atoms with van der Waals surface area (Å²) in [4.78, 5) is 0. The molecule has 1 aromatic carbocycles. The molecule has 3 nitrogen and oxygen atoms in total. The minimum Gasteiger partial charge on any atom is -0.544 e. The smallest absolute Gasteiger partial charge is 0.278 e. The van der Waals surface area contributed by atoms with Crippen LogP contribution in [0, 0.1) is 0 Å². The molecule has 0 heterocycles. The molecule has 0 atom stereocenters. The molecule has 0 bridgehead atoms. The van der Waals surface area contributed by atoms with Gasteiger partial charge in [-0.1, -0.05) is 0 Å². The molecule has 0 fully saturated rings. The van der Waals surface area contributed by atoms with Crippen LogP contribution in [0.2, 0.25) is 39.3 Å². The van der Waals surface area contributed by atoms with Crippen LogP contribution in [0.15, 0.2) is 29.4 Å². The number of hydrogen-bond acceptors (Lipinski definition) is 3. The van der Waals surface area contributed by atoms with Gasteiger partial charge in [0.1, 0.15) is 5.75 Å². The second-order valence-corrected chi connectivity index (χ2v) is 15.1. The number of rotatable bonds is 5. The molecular formula is C13H23NO2Si2. The highest BCUT2D eigenvalue weighted by atomic mass is 28.4. The fourth-order valence-electron chi connectivity index (χ4n) is 1.22. The summed E-state index contributed by atoms with van der Waals surface area (Å²) in [5.41, 5.74) is 1.02. The van der Waals surface area contributed by atoms with Crippen molar-refractivity contribution in [2.45, 2.75) is 39.3 Å². The molecule has 0 saturated carbocycles. The van der Waals surface area contributed by atoms with Crippen molar-refractivity contribution in [2.75, 3.05) is 0 Å². The van der Waals surface area contributed by atoms with Crippen LogP contribution in [0.4, 0.5) is 0 Å². The molecule has 18 heavy (non-hydrogen) atoms. The molecule has 0 N–H and O–H groups in total. The third-order valence-electron chi connectivity index (χ3n) is 1.83. The second-order valence-electron chi connectivity index (χ2n) is 6.22. The lowest BCUT2D eigenvalue weighted by Gasteiger charge is -2.19. The third kappa shape index (κ3) is 6.61. The first kappa shape index (κ1) is 15.0. The van der Waals surface area contributed by atoms with Crippen LogP contribution < -0.4 is 4.43 Å². The number of hydrogen-bond donors (Lipinski definition) is 0. The highest BCUT2D eigenvalue weighted by Crippen LogP contribution is 2.16. The molecule has 0 spiro atoms. The Hall–Kier alpha value is -1.08. The van der Waals surface area contributed by atoms with E-state index in [0.29, 0.717) is 0 Å². The minimum absolute atomic E-state index is 0.928. The lowest BCUT2D eigenvalue weighted by molar-refractivity contribution is 0.338. The van der Waals surface area contributed by atoms with Gasteiger partial charge in [0.25, 0.3) is 8.32 Å². The topological polar surface area (TPSA) is 30.8 Å². The van der Waals surface area contributed by atoms with Gasteiger partial charge in [-0.2, -0.15) is 0 Å². The third-order valence-corrected chi connectivity index (χ3v) is 3.33. The van der Waals surface area contributed by atoms with Crippen molar-refractivity contribution in [3.63, 3.8) is 0 Å². The van der Waals surface area contributed by atoms with E-state index < -0.39 is 16.6 Å². The lowest BCUT2D eigenvalue weighted by atomic mass is 10.2. The monoisotopic (exact) mass is 281 g/mol. The van der Waals surface area contributed by atoms with Crippen LogP contribution >= 0.6 is 0 Å². The molecule has 0 aliphatic carbocycles. The summed E-state index contributed by atoms with van der Waals surface area (Å²) in [6.45, 7) is 12.8. The first-order chi connectivity index (χ1) is 8.16. The molecule has 0 aliphatic heterocycles. The predicted molar refractivity (Wildman–Crippen MR) is 82.4 cm³/mol. The van der Waals surface area contributed by atoms with Gasteiger partial charge in [-0.3, -0.25) is 0 Å². The van der Waals surface area contributed by atoms with E-state index in [4.69, 9.17) is 8.95 Å². The van der Waals surface area contributed by atoms with E-state index in [9.17, 15) is 0 Å². The van der Waals surface area contributed by atoms with E-state index in [-0.39, 0.29) is 0 Å². The molecule has 0 amide bonds. The number of nitrogens with zero attached hydrogens (tertiary/aromatic N) is 1. The van der Waals surface area contributed by atoms with Crippen LogP contribution in [0.25, 0.3) is 0 Å². The van der Waals surface area contributed by atoms with Gasteiger partial charge in [-0.25, -0.2) is 0 Å². The molecule has 0 radical (unpaired) electrons. The highest BCUT2D eigenvalue weighted by Gasteiger charge is 2.16. The van der Waals surface area contributed by atoms with Gasteiger partial charge in [0.2, 0.25) is 8.32 Å². The first-order valence-electron chi connectivity index (χ1n) is 6.16. The molecule has 0 aromatic heterocycles. The SMILES string of the molecule is C[Si](C)(C)O/N=C/c1ccc(O[Si](C)(C)C)cc1. The Labute approximate surface area is 112 Å². The maximum absolute atomic E-state index is 5.89. The maximum atomic E-state index is 5.89. The summed E-state index contributed by atoms with van der Waals surface area (Å²) in [5, 5.41) is 4.02. The van der Waals surface area contributed by atoms with Gasteiger partial charge in [0.15, 0.2) is 0 Å². The van der Waals surface area contributed by atoms with Gasteiger partial charge in [0.05, 0.1) is 6.21 Å². The molecule has 0 unspecified atom stereocenters. The van der Waals surface area contributed by atoms with E-state index in [1.165, 1.54) is 0 Å². The van der Waals surface area contributed by atoms with Crippen molar-refractivity contribution in [3.8, 4) is 5.75 Å². The van der Waals surface area contributed by atoms with Crippen LogP contribution in [-0.2, 0) is 4.53 Å². The van der Waals surface area contributed by atoms with Crippen molar-refractivity contribution >= 4 is 22.8 Å². The van der Waals surface area contributed by atoms with Gasteiger partial charge in [-0.05, 0) is 69.1 Å². The van der Waals surface area contributed by atoms with Gasteiger partial charge < -0.3 is 8.95 Å². The molecular weight excluding hydrogens is 258 g/mol. The molecule has 5 heteroatoms. The van der Waals surface area contributed by atoms with Crippen molar-refractivity contribution in [1.29, 1.82) is 0 Å². The molecule has 1 rings (SSSR count). The zero-order valence-corrected chi connectivity index (χ0v) is 14.2. The van der Waals surface area contributed by atoms with E-state index in [2.05, 4.69) is 44.4 Å². The fourth-order valence-corrected chi connectivity index (χ4v) is 2.43. The van der Waals surface area contributed by atoms with Crippen LogP contribution in [0.5, 0.6) is 5.75 Å². The summed E-state index contributed by atoms with van der Waals surface area (Å²) in [6, 6.07) is 7.95. The van der Waals surface area contributed by atoms with Crippen LogP contribution in [-0.4, -0.2) is 22.8 Å². The van der Waals surface area contributed by atoms with Crippen molar-refractivity contribution in [3.05, 3.63) is 29.8 Å². The van der Waals surface area contributed by atoms with Gasteiger partial charge >= 0.3 is 0 Å². The molecule has 0 saturated heterocycles. The summed E-state index contributed by atoms with van der Waals surface area (Å²) in [6.07, 6.45) is 1.75. The zero-order valence-electron chi connectivity index (χ0n) is 12.2. The maximum Gasteiger partial charge on any atom is 0.278 e. The summed E-state index contributed by atoms with van der Waals surface area (Å²) in [5.74, 6) is 0.928. The van der Waals surface area contributed by atoms with E-state index in [0.717, 1.165) is 11.3 Å². The van der Waals surface area contributed by atoms with E-state index >= 15 is 0 Å². The highest BCUT2D eigenvalue weighted by molar-refractivity contribution is 6.70. The molecule has 1 aromatic rings. The summed E-state index contributed by atoms with van der Waals surface area (Å²) < 4.78 is 11.3. The molecule has 0 aliphatic rings. The Morgan fingerprint density at radius 1 is 0.889 bits per heavy atom. The predicted octanol–water partition coefficient (Wildman–Crippen LogP) is 4.09. The van der Waals surface area contributed by atoms with Crippen molar-refractivity contribution in [1.82, 2.24) is 0 Å². The quantitative estimate of drug-likeness (QED) is 0.462. The summed E-state index contributed by atoms with van der Waals surface area (Å²) in [7, 11) is -3.09. The molecule has 100 valence electrons. The average Bonchev–Trinajstić information content (AvgIpc) is 2.16. The van der Waals surface area contributed by atoms with E-state index in [1.807, 2.05) is 24.3 Å². The summed E-state index contributed by atoms with van der Waals surface area (Å²) >= 11 is 0. The van der Waals surface area contributed by atoms with Gasteiger partial charge in [-0.15, -0.1) is 5.16 Å². The van der Waals surface area contributed by atoms with Crippen LogP contribution in [0.1, 0.15) is 5.56 Å². The first-order valence-corrected chi connectivity index (χ1v) is 13.0. The van der Waals surface area contributed by atoms with Crippen molar-refractivity contribution in [2.24, 2.45) is 5.16 Å². The van der Waals surface area contributed by atoms with Gasteiger partial charge in [0, 0.05) is 0 Å². The number of oxime groups is 1. The Kier molecular flexibility index (Phi) is 4.75. The Bertz CT molecular complexity index is 402. The van der Waals surface area contributed by atoms with Crippen molar-refractivity contribution < 1.29 is 8.95 Å².